The van der Waals surface area contributed by atoms with E-state index in [0.29, 0.717) is 38.3 Å². The minimum Gasteiger partial charge on any atom is -0.369 e. The van der Waals surface area contributed by atoms with Gasteiger partial charge >= 0.3 is 0 Å². The minimum absolute atomic E-state index is 0.00256. The number of carbonyl (C=O) groups excluding carboxylic acids is 1. The van der Waals surface area contributed by atoms with Crippen LogP contribution in [0.3, 0.4) is 0 Å². The molecule has 0 spiro atoms. The predicted molar refractivity (Wildman–Crippen MR) is 137 cm³/mol. The van der Waals surface area contributed by atoms with Crippen molar-refractivity contribution in [1.82, 2.24) is 19.4 Å². The van der Waals surface area contributed by atoms with Gasteiger partial charge in [-0.25, -0.2) is 12.8 Å². The summed E-state index contributed by atoms with van der Waals surface area (Å²) in [5.41, 5.74) is 4.20. The predicted octanol–water partition coefficient (Wildman–Crippen LogP) is 3.66. The number of aryl methyl sites for hydroxylation is 2. The number of rotatable bonds is 7. The average Bonchev–Trinajstić information content (AvgIpc) is 3.32. The Bertz CT molecular complexity index is 1350. The molecule has 8 nitrogen and oxygen atoms in total. The van der Waals surface area contributed by atoms with Crippen molar-refractivity contribution >= 4 is 21.6 Å². The van der Waals surface area contributed by atoms with Crippen LogP contribution >= 0.6 is 0 Å². The van der Waals surface area contributed by atoms with Gasteiger partial charge in [-0.3, -0.25) is 9.48 Å². The molecule has 4 rings (SSSR count). The zero-order valence-electron chi connectivity index (χ0n) is 21.0. The number of hydrogen-bond acceptors (Lipinski definition) is 5. The van der Waals surface area contributed by atoms with E-state index in [0.717, 1.165) is 5.69 Å². The van der Waals surface area contributed by atoms with Crippen LogP contribution in [0.1, 0.15) is 46.9 Å². The van der Waals surface area contributed by atoms with Gasteiger partial charge in [0.2, 0.25) is 5.03 Å². The van der Waals surface area contributed by atoms with Crippen molar-refractivity contribution in [1.29, 1.82) is 0 Å². The van der Waals surface area contributed by atoms with Gasteiger partial charge in [0.05, 0.1) is 11.6 Å². The summed E-state index contributed by atoms with van der Waals surface area (Å²) in [5, 5.41) is 6.83. The molecule has 1 aliphatic heterocycles. The summed E-state index contributed by atoms with van der Waals surface area (Å²) in [6.07, 6.45) is 1.46. The third-order valence-electron chi connectivity index (χ3n) is 6.75. The molecule has 0 unspecified atom stereocenters. The fourth-order valence-corrected chi connectivity index (χ4v) is 5.91. The summed E-state index contributed by atoms with van der Waals surface area (Å²) >= 11 is 0. The second-order valence-electron chi connectivity index (χ2n) is 9.06. The van der Waals surface area contributed by atoms with E-state index in [1.807, 2.05) is 13.0 Å². The van der Waals surface area contributed by atoms with E-state index < -0.39 is 22.0 Å². The minimum atomic E-state index is -3.99. The van der Waals surface area contributed by atoms with E-state index >= 15 is 0 Å². The summed E-state index contributed by atoms with van der Waals surface area (Å²) in [5.74, 6) is -0.911. The standard InChI is InChI=1S/C26H32FN5O3S/c1-5-31-17-23(25(33)28-20(4)21-9-11-22(27)12-10-21)26(29-31)36(34,35)32-15-13-30(14-16-32)24-8-6-7-18(2)19(24)3/h6-12,17,20H,5,13-16H2,1-4H3,(H,28,33)/t20-/m1/s1. The van der Waals surface area contributed by atoms with Gasteiger partial charge in [-0.2, -0.15) is 9.40 Å². The van der Waals surface area contributed by atoms with Crippen molar-refractivity contribution in [3.63, 3.8) is 0 Å². The molecule has 192 valence electrons. The van der Waals surface area contributed by atoms with Gasteiger partial charge in [0, 0.05) is 44.6 Å². The molecular weight excluding hydrogens is 481 g/mol. The van der Waals surface area contributed by atoms with Crippen molar-refractivity contribution in [2.75, 3.05) is 31.1 Å². The highest BCUT2D eigenvalue weighted by Crippen LogP contribution is 2.26. The number of amides is 1. The van der Waals surface area contributed by atoms with Crippen LogP contribution in [0.5, 0.6) is 0 Å². The fraction of sp³-hybridized carbons (Fsp3) is 0.385. The van der Waals surface area contributed by atoms with Crippen molar-refractivity contribution in [2.24, 2.45) is 0 Å². The van der Waals surface area contributed by atoms with Gasteiger partial charge < -0.3 is 10.2 Å². The van der Waals surface area contributed by atoms with Crippen molar-refractivity contribution < 1.29 is 17.6 Å². The van der Waals surface area contributed by atoms with E-state index in [4.69, 9.17) is 0 Å². The number of halogens is 1. The highest BCUT2D eigenvalue weighted by molar-refractivity contribution is 7.89. The normalized spacial score (nSPS) is 15.6. The van der Waals surface area contributed by atoms with E-state index in [2.05, 4.69) is 41.3 Å². The molecule has 0 bridgehead atoms. The van der Waals surface area contributed by atoms with Crippen LogP contribution < -0.4 is 10.2 Å². The molecule has 1 aromatic heterocycles. The van der Waals surface area contributed by atoms with Crippen LogP contribution in [0.25, 0.3) is 0 Å². The maximum atomic E-state index is 13.6. The molecule has 1 atom stereocenters. The van der Waals surface area contributed by atoms with Crippen LogP contribution in [0.4, 0.5) is 10.1 Å². The zero-order valence-corrected chi connectivity index (χ0v) is 21.8. The Morgan fingerprint density at radius 1 is 1.08 bits per heavy atom. The summed E-state index contributed by atoms with van der Waals surface area (Å²) < 4.78 is 43.3. The molecule has 36 heavy (non-hydrogen) atoms. The van der Waals surface area contributed by atoms with E-state index in [1.54, 1.807) is 19.1 Å². The van der Waals surface area contributed by atoms with Crippen LogP contribution in [-0.2, 0) is 16.6 Å². The molecule has 1 amide bonds. The highest BCUT2D eigenvalue weighted by Gasteiger charge is 2.35. The van der Waals surface area contributed by atoms with Crippen LogP contribution in [0.15, 0.2) is 53.7 Å². The summed E-state index contributed by atoms with van der Waals surface area (Å²) in [6.45, 7) is 9.82. The first-order chi connectivity index (χ1) is 17.1. The maximum absolute atomic E-state index is 13.6. The molecular formula is C26H32FN5O3S. The number of anilines is 1. The van der Waals surface area contributed by atoms with Gasteiger partial charge in [-0.15, -0.1) is 0 Å². The molecule has 0 aliphatic carbocycles. The molecule has 0 saturated carbocycles. The topological polar surface area (TPSA) is 87.5 Å². The number of nitrogens with one attached hydrogen (secondary N) is 1. The lowest BCUT2D eigenvalue weighted by Gasteiger charge is -2.36. The molecule has 10 heteroatoms. The second kappa shape index (κ2) is 10.4. The fourth-order valence-electron chi connectivity index (χ4n) is 4.39. The molecule has 3 aromatic rings. The van der Waals surface area contributed by atoms with Gasteiger partial charge in [0.25, 0.3) is 15.9 Å². The molecule has 1 aliphatic rings. The van der Waals surface area contributed by atoms with Gasteiger partial charge in [-0.1, -0.05) is 24.3 Å². The molecule has 1 saturated heterocycles. The van der Waals surface area contributed by atoms with Crippen molar-refractivity contribution in [3.05, 3.63) is 76.7 Å². The lowest BCUT2D eigenvalue weighted by Crippen LogP contribution is -2.49. The number of hydrogen-bond donors (Lipinski definition) is 1. The van der Waals surface area contributed by atoms with E-state index in [1.165, 1.54) is 38.4 Å². The van der Waals surface area contributed by atoms with Crippen molar-refractivity contribution in [3.8, 4) is 0 Å². The van der Waals surface area contributed by atoms with Crippen molar-refractivity contribution in [2.45, 2.75) is 45.3 Å². The number of carbonyl (C=O) groups is 1. The lowest BCUT2D eigenvalue weighted by atomic mass is 10.1. The number of sulfonamides is 1. The van der Waals surface area contributed by atoms with Gasteiger partial charge in [-0.05, 0) is 62.6 Å². The first-order valence-electron chi connectivity index (χ1n) is 12.1. The Morgan fingerprint density at radius 2 is 1.75 bits per heavy atom. The van der Waals surface area contributed by atoms with Crippen LogP contribution in [0, 0.1) is 19.7 Å². The Hall–Kier alpha value is -3.24. The monoisotopic (exact) mass is 513 g/mol. The molecule has 1 N–H and O–H groups in total. The number of nitrogens with zero attached hydrogens (tertiary/aromatic N) is 4. The SMILES string of the molecule is CCn1cc(C(=O)N[C@H](C)c2ccc(F)cc2)c(S(=O)(=O)N2CCN(c3cccc(C)c3C)CC2)n1. The third-order valence-corrected chi connectivity index (χ3v) is 8.59. The lowest BCUT2D eigenvalue weighted by molar-refractivity contribution is 0.0936. The Labute approximate surface area is 211 Å². The molecule has 0 radical (unpaired) electrons. The summed E-state index contributed by atoms with van der Waals surface area (Å²) in [6, 6.07) is 11.5. The van der Waals surface area contributed by atoms with Gasteiger partial charge in [0.1, 0.15) is 5.82 Å². The Kier molecular flexibility index (Phi) is 7.46. The quantitative estimate of drug-likeness (QED) is 0.521. The average molecular weight is 514 g/mol. The first kappa shape index (κ1) is 25.8. The van der Waals surface area contributed by atoms with Crippen LogP contribution in [-0.4, -0.2) is 54.6 Å². The van der Waals surface area contributed by atoms with Gasteiger partial charge in [0.15, 0.2) is 0 Å². The second-order valence-corrected chi connectivity index (χ2v) is 10.9. The smallest absolute Gasteiger partial charge is 0.263 e. The van der Waals surface area contributed by atoms with E-state index in [9.17, 15) is 17.6 Å². The first-order valence-corrected chi connectivity index (χ1v) is 13.5. The number of benzene rings is 2. The van der Waals surface area contributed by atoms with Crippen LogP contribution in [0.2, 0.25) is 0 Å². The highest BCUT2D eigenvalue weighted by atomic mass is 32.2. The Balaban J connectivity index is 1.53. The third kappa shape index (κ3) is 5.15. The Morgan fingerprint density at radius 3 is 2.39 bits per heavy atom. The van der Waals surface area contributed by atoms with E-state index in [-0.39, 0.29) is 16.4 Å². The molecule has 1 fully saturated rings. The summed E-state index contributed by atoms with van der Waals surface area (Å²) in [4.78, 5) is 15.3. The zero-order chi connectivity index (χ0) is 26.0. The largest absolute Gasteiger partial charge is 0.369 e. The number of piperazine rings is 1. The molecule has 2 aromatic carbocycles. The molecule has 2 heterocycles. The maximum Gasteiger partial charge on any atom is 0.263 e. The number of aromatic nitrogens is 2. The summed E-state index contributed by atoms with van der Waals surface area (Å²) in [7, 11) is -3.99.